The summed E-state index contributed by atoms with van der Waals surface area (Å²) in [4.78, 5) is 21.6. The van der Waals surface area contributed by atoms with Crippen LogP contribution in [0.2, 0.25) is 0 Å². The number of hydrogen-bond donors (Lipinski definition) is 4. The van der Waals surface area contributed by atoms with Crippen molar-refractivity contribution in [2.24, 2.45) is 0 Å². The third kappa shape index (κ3) is 70.4. The van der Waals surface area contributed by atoms with Crippen LogP contribution < -0.4 is 0 Å². The molecule has 0 bridgehead atoms. The Labute approximate surface area is 64.7 Å². The van der Waals surface area contributed by atoms with E-state index in [1.165, 1.54) is 0 Å². The maximum absolute atomic E-state index is 8.88. The summed E-state index contributed by atoms with van der Waals surface area (Å²) in [5.74, 6) is 0. The minimum absolute atomic E-state index is 0.581. The molecule has 0 heterocycles. The van der Waals surface area contributed by atoms with Crippen LogP contribution in [0.25, 0.3) is 0 Å². The van der Waals surface area contributed by atoms with Crippen LogP contribution in [-0.4, -0.2) is 32.7 Å². The molecule has 0 spiro atoms. The van der Waals surface area contributed by atoms with Crippen LogP contribution in [0.5, 0.6) is 0 Å². The molecule has 0 aromatic rings. The first-order chi connectivity index (χ1) is 4.77. The van der Waals surface area contributed by atoms with Gasteiger partial charge in [-0.3, -0.25) is 0 Å². The molecule has 0 aliphatic carbocycles. The van der Waals surface area contributed by atoms with E-state index in [2.05, 4.69) is 4.74 Å². The van der Waals surface area contributed by atoms with Crippen molar-refractivity contribution < 1.29 is 29.1 Å². The zero-order valence-electron chi connectivity index (χ0n) is 6.34. The zero-order chi connectivity index (χ0) is 9.49. The highest BCUT2D eigenvalue weighted by Gasteiger charge is 2.00. The van der Waals surface area contributed by atoms with Gasteiger partial charge in [-0.2, -0.15) is 0 Å². The van der Waals surface area contributed by atoms with E-state index in [0.717, 1.165) is 0 Å². The number of rotatable bonds is 2. The molecule has 6 nitrogen and oxygen atoms in total. The van der Waals surface area contributed by atoms with E-state index >= 15 is 0 Å². The molecule has 0 amide bonds. The van der Waals surface area contributed by atoms with Crippen LogP contribution >= 0.6 is 7.82 Å². The maximum atomic E-state index is 8.88. The van der Waals surface area contributed by atoms with E-state index in [0.29, 0.717) is 6.61 Å². The largest absolute Gasteiger partial charge is 0.466 e. The number of ether oxygens (including phenoxy) is 1. The van der Waals surface area contributed by atoms with E-state index in [1.807, 2.05) is 6.92 Å². The Morgan fingerprint density at radius 1 is 1.45 bits per heavy atom. The van der Waals surface area contributed by atoms with Gasteiger partial charge in [-0.15, -0.1) is 0 Å². The second-order valence-corrected chi connectivity index (χ2v) is 2.59. The van der Waals surface area contributed by atoms with Gasteiger partial charge in [-0.1, -0.05) is 0 Å². The third-order valence-electron chi connectivity index (χ3n) is 0.408. The third-order valence-corrected chi connectivity index (χ3v) is 0.408. The van der Waals surface area contributed by atoms with Gasteiger partial charge in [0, 0.05) is 6.61 Å². The molecule has 70 valence electrons. The highest BCUT2D eigenvalue weighted by molar-refractivity contribution is 7.45. The van der Waals surface area contributed by atoms with E-state index < -0.39 is 14.1 Å². The molecule has 0 fully saturated rings. The first-order valence-electron chi connectivity index (χ1n) is 2.85. The lowest BCUT2D eigenvalue weighted by Crippen LogP contribution is -2.04. The van der Waals surface area contributed by atoms with Crippen LogP contribution in [0.4, 0.5) is 0 Å². The van der Waals surface area contributed by atoms with Crippen molar-refractivity contribution in [3.63, 3.8) is 0 Å². The lowest BCUT2D eigenvalue weighted by atomic mass is 10.7. The Hall–Kier alpha value is 0.0300. The smallest absolute Gasteiger partial charge is 0.368 e. The van der Waals surface area contributed by atoms with E-state index in [1.54, 1.807) is 6.92 Å². The average Bonchev–Trinajstić information content (AvgIpc) is 1.58. The number of aliphatic hydroxyl groups is 1. The van der Waals surface area contributed by atoms with Crippen LogP contribution in [0.3, 0.4) is 0 Å². The Morgan fingerprint density at radius 3 is 1.73 bits per heavy atom. The van der Waals surface area contributed by atoms with Crippen molar-refractivity contribution in [2.75, 3.05) is 6.61 Å². The van der Waals surface area contributed by atoms with Gasteiger partial charge in [0.15, 0.2) is 6.29 Å². The molecule has 1 unspecified atom stereocenters. The topological polar surface area (TPSA) is 107 Å². The van der Waals surface area contributed by atoms with Crippen LogP contribution in [0.15, 0.2) is 0 Å². The average molecular weight is 188 g/mol. The van der Waals surface area contributed by atoms with Crippen LogP contribution in [0, 0.1) is 0 Å². The molecule has 0 saturated heterocycles. The van der Waals surface area contributed by atoms with Crippen molar-refractivity contribution in [1.82, 2.24) is 0 Å². The predicted octanol–water partition coefficient (Wildman–Crippen LogP) is -0.567. The highest BCUT2D eigenvalue weighted by Crippen LogP contribution is 2.25. The van der Waals surface area contributed by atoms with Crippen molar-refractivity contribution in [1.29, 1.82) is 0 Å². The summed E-state index contributed by atoms with van der Waals surface area (Å²) in [5.41, 5.74) is 0. The minimum atomic E-state index is -4.64. The van der Waals surface area contributed by atoms with Gasteiger partial charge in [0.25, 0.3) is 0 Å². The summed E-state index contributed by atoms with van der Waals surface area (Å²) >= 11 is 0. The molecule has 1 atom stereocenters. The molecule has 0 radical (unpaired) electrons. The summed E-state index contributed by atoms with van der Waals surface area (Å²) in [6.45, 7) is 4.01. The van der Waals surface area contributed by atoms with E-state index in [-0.39, 0.29) is 0 Å². The highest BCUT2D eigenvalue weighted by atomic mass is 31.2. The molecule has 11 heavy (non-hydrogen) atoms. The van der Waals surface area contributed by atoms with Gasteiger partial charge in [0.05, 0.1) is 0 Å². The molecular formula is C4H13O6P. The van der Waals surface area contributed by atoms with Gasteiger partial charge in [0.1, 0.15) is 0 Å². The quantitative estimate of drug-likeness (QED) is 0.341. The fourth-order valence-corrected chi connectivity index (χ4v) is 0.241. The molecule has 0 saturated carbocycles. The van der Waals surface area contributed by atoms with Crippen molar-refractivity contribution in [3.8, 4) is 0 Å². The van der Waals surface area contributed by atoms with Gasteiger partial charge in [-0.25, -0.2) is 4.57 Å². The molecule has 0 aliphatic heterocycles. The normalized spacial score (nSPS) is 13.3. The van der Waals surface area contributed by atoms with Crippen molar-refractivity contribution in [3.05, 3.63) is 0 Å². The summed E-state index contributed by atoms with van der Waals surface area (Å²) in [6.07, 6.45) is -0.602. The van der Waals surface area contributed by atoms with Crippen LogP contribution in [-0.2, 0) is 9.30 Å². The second-order valence-electron chi connectivity index (χ2n) is 1.57. The fraction of sp³-hybridized carbons (Fsp3) is 1.00. The Kier molecular flexibility index (Phi) is 8.32. The molecule has 4 N–H and O–H groups in total. The molecule has 7 heteroatoms. The monoisotopic (exact) mass is 188 g/mol. The molecular weight excluding hydrogens is 175 g/mol. The lowest BCUT2D eigenvalue weighted by Gasteiger charge is -1.99. The minimum Gasteiger partial charge on any atom is -0.368 e. The summed E-state index contributed by atoms with van der Waals surface area (Å²) in [5, 5.41) is 8.33. The first-order valence-corrected chi connectivity index (χ1v) is 4.41. The molecule has 0 aromatic carbocycles. The van der Waals surface area contributed by atoms with Crippen molar-refractivity contribution >= 4 is 7.82 Å². The van der Waals surface area contributed by atoms with Gasteiger partial charge >= 0.3 is 7.82 Å². The first kappa shape index (κ1) is 13.6. The Balaban J connectivity index is 0. The summed E-state index contributed by atoms with van der Waals surface area (Å²) < 4.78 is 13.5. The standard InChI is InChI=1S/C4H10O2.H3O4P/c1-3-6-4(2)5;1-5(2,3)4/h4-5H,3H2,1-2H3;(H3,1,2,3,4). The van der Waals surface area contributed by atoms with Crippen LogP contribution in [0.1, 0.15) is 13.8 Å². The van der Waals surface area contributed by atoms with E-state index in [9.17, 15) is 0 Å². The predicted molar refractivity (Wildman–Crippen MR) is 37.6 cm³/mol. The Bertz CT molecular complexity index is 109. The SMILES string of the molecule is CCOC(C)O.O=P(O)(O)O. The summed E-state index contributed by atoms with van der Waals surface area (Å²) in [6, 6.07) is 0. The van der Waals surface area contributed by atoms with Gasteiger partial charge < -0.3 is 24.5 Å². The number of phosphoric acid groups is 1. The summed E-state index contributed by atoms with van der Waals surface area (Å²) in [7, 11) is -4.64. The fourth-order valence-electron chi connectivity index (χ4n) is 0.241. The molecule has 0 aromatic heterocycles. The van der Waals surface area contributed by atoms with Gasteiger partial charge in [-0.05, 0) is 13.8 Å². The zero-order valence-corrected chi connectivity index (χ0v) is 7.23. The van der Waals surface area contributed by atoms with Gasteiger partial charge in [0.2, 0.25) is 0 Å². The second kappa shape index (κ2) is 6.72. The molecule has 0 rings (SSSR count). The number of hydrogen-bond acceptors (Lipinski definition) is 3. The molecule has 0 aliphatic rings. The van der Waals surface area contributed by atoms with Crippen molar-refractivity contribution in [2.45, 2.75) is 20.1 Å². The lowest BCUT2D eigenvalue weighted by molar-refractivity contribution is -0.0800. The Morgan fingerprint density at radius 2 is 1.73 bits per heavy atom. The number of aliphatic hydroxyl groups excluding tert-OH is 1. The van der Waals surface area contributed by atoms with E-state index in [4.69, 9.17) is 24.4 Å². The maximum Gasteiger partial charge on any atom is 0.466 e.